The first kappa shape index (κ1) is 31.1. The maximum Gasteiger partial charge on any atom is 0.211 e. The van der Waals surface area contributed by atoms with Crippen molar-refractivity contribution in [3.8, 4) is 0 Å². The van der Waals surface area contributed by atoms with Gasteiger partial charge in [0.25, 0.3) is 0 Å². The van der Waals surface area contributed by atoms with E-state index in [1.807, 2.05) is 44.2 Å². The maximum absolute atomic E-state index is 14.0. The molecule has 0 spiro atoms. The predicted octanol–water partition coefficient (Wildman–Crippen LogP) is 6.00. The van der Waals surface area contributed by atoms with E-state index in [9.17, 15) is 23.4 Å². The molecule has 8 heteroatoms. The minimum absolute atomic E-state index is 0.0335. The van der Waals surface area contributed by atoms with Gasteiger partial charge >= 0.3 is 0 Å². The quantitative estimate of drug-likeness (QED) is 0.306. The predicted molar refractivity (Wildman–Crippen MR) is 163 cm³/mol. The van der Waals surface area contributed by atoms with Gasteiger partial charge < -0.3 is 10.2 Å². The van der Waals surface area contributed by atoms with Crippen molar-refractivity contribution in [1.29, 1.82) is 0 Å². The van der Waals surface area contributed by atoms with Crippen molar-refractivity contribution in [1.82, 2.24) is 4.31 Å². The van der Waals surface area contributed by atoms with E-state index < -0.39 is 27.1 Å². The first-order valence-corrected chi connectivity index (χ1v) is 17.2. The molecule has 3 aliphatic carbocycles. The van der Waals surface area contributed by atoms with Gasteiger partial charge in [0.2, 0.25) is 15.8 Å². The Morgan fingerprint density at radius 3 is 2.55 bits per heavy atom. The number of ketones is 1. The number of hydrogen-bond acceptors (Lipinski definition) is 6. The van der Waals surface area contributed by atoms with E-state index >= 15 is 0 Å². The van der Waals surface area contributed by atoms with E-state index in [2.05, 4.69) is 19.9 Å². The lowest BCUT2D eigenvalue weighted by Gasteiger charge is -2.45. The standard InChI is InChI=1S/C32H45NO5S2/c1-6-18-33(40(5,37)38)21-32(36)17-15-28-26-13-11-24(20-27(26)30(35)29-14-10-23(3)39-29)19-25(34)12-9-22(2)8-7-16-31(28,32)4/h8,10-11,13-14,20,25,28,34,36H,6-7,9,12,15-19,21H2,1-5H3. The third kappa shape index (κ3) is 6.46. The van der Waals surface area contributed by atoms with Crippen LogP contribution in [-0.4, -0.2) is 59.8 Å². The summed E-state index contributed by atoms with van der Waals surface area (Å²) < 4.78 is 26.8. The number of fused-ring (bicyclic) bond motifs is 8. The molecule has 0 aliphatic heterocycles. The number of carbonyl (C=O) groups excluding carboxylic acids is 1. The van der Waals surface area contributed by atoms with Crippen LogP contribution in [0.5, 0.6) is 0 Å². The fourth-order valence-electron chi connectivity index (χ4n) is 6.79. The molecular weight excluding hydrogens is 542 g/mol. The van der Waals surface area contributed by atoms with Crippen molar-refractivity contribution in [3.63, 3.8) is 0 Å². The average Bonchev–Trinajstić information content (AvgIpc) is 3.42. The molecule has 1 fully saturated rings. The molecular formula is C32H45NO5S2. The second-order valence-electron chi connectivity index (χ2n) is 12.3. The molecule has 2 bridgehead atoms. The van der Waals surface area contributed by atoms with Gasteiger partial charge in [-0.15, -0.1) is 11.3 Å². The summed E-state index contributed by atoms with van der Waals surface area (Å²) in [5.74, 6) is -0.162. The molecule has 40 heavy (non-hydrogen) atoms. The Morgan fingerprint density at radius 2 is 1.90 bits per heavy atom. The first-order valence-electron chi connectivity index (χ1n) is 14.5. The zero-order chi connectivity index (χ0) is 29.3. The summed E-state index contributed by atoms with van der Waals surface area (Å²) in [6.45, 7) is 8.51. The van der Waals surface area contributed by atoms with E-state index in [0.717, 1.165) is 28.8 Å². The van der Waals surface area contributed by atoms with Crippen LogP contribution in [0.3, 0.4) is 0 Å². The van der Waals surface area contributed by atoms with Gasteiger partial charge in [-0.3, -0.25) is 4.79 Å². The first-order chi connectivity index (χ1) is 18.8. The smallest absolute Gasteiger partial charge is 0.211 e. The topological polar surface area (TPSA) is 94.9 Å². The van der Waals surface area contributed by atoms with Crippen molar-refractivity contribution in [2.45, 2.75) is 96.7 Å². The number of hydrogen-bond donors (Lipinski definition) is 2. The maximum atomic E-state index is 14.0. The highest BCUT2D eigenvalue weighted by Gasteiger charge is 2.57. The van der Waals surface area contributed by atoms with Gasteiger partial charge in [0, 0.05) is 28.9 Å². The monoisotopic (exact) mass is 587 g/mol. The number of nitrogens with zero attached hydrogens (tertiary/aromatic N) is 1. The second-order valence-corrected chi connectivity index (χ2v) is 15.6. The molecule has 0 amide bonds. The summed E-state index contributed by atoms with van der Waals surface area (Å²) in [7, 11) is -3.50. The highest BCUT2D eigenvalue weighted by molar-refractivity contribution is 7.88. The molecule has 0 radical (unpaired) electrons. The van der Waals surface area contributed by atoms with Gasteiger partial charge in [0.15, 0.2) is 0 Å². The number of aliphatic hydroxyl groups is 2. The van der Waals surface area contributed by atoms with Crippen LogP contribution in [0, 0.1) is 12.3 Å². The minimum Gasteiger partial charge on any atom is -0.393 e. The van der Waals surface area contributed by atoms with Gasteiger partial charge in [-0.25, -0.2) is 8.42 Å². The van der Waals surface area contributed by atoms with Crippen LogP contribution in [0.1, 0.15) is 103 Å². The molecule has 3 aliphatic rings. The van der Waals surface area contributed by atoms with Crippen LogP contribution in [0.4, 0.5) is 0 Å². The number of thiophene rings is 1. The van der Waals surface area contributed by atoms with E-state index in [0.29, 0.717) is 55.5 Å². The SMILES string of the molecule is CCCN(CC1(O)CCC2c3ccc(cc3C(=O)c3ccc(C)s3)CC(O)CCC(C)=CCCC21C)S(C)(=O)=O. The molecule has 1 aromatic heterocycles. The van der Waals surface area contributed by atoms with Crippen molar-refractivity contribution in [2.75, 3.05) is 19.3 Å². The Labute approximate surface area is 244 Å². The van der Waals surface area contributed by atoms with Crippen LogP contribution in [0.25, 0.3) is 0 Å². The lowest BCUT2D eigenvalue weighted by atomic mass is 9.65. The molecule has 1 aromatic carbocycles. The summed E-state index contributed by atoms with van der Waals surface area (Å²) in [5, 5.41) is 23.1. The number of benzene rings is 1. The van der Waals surface area contributed by atoms with Gasteiger partial charge in [0.05, 0.1) is 22.8 Å². The Bertz CT molecular complexity index is 1360. The molecule has 2 aromatic rings. The molecule has 1 saturated carbocycles. The summed E-state index contributed by atoms with van der Waals surface area (Å²) in [6.07, 6.45) is 7.98. The number of carbonyl (C=O) groups is 1. The second kappa shape index (κ2) is 12.2. The van der Waals surface area contributed by atoms with E-state index in [-0.39, 0.29) is 18.2 Å². The van der Waals surface area contributed by atoms with Crippen LogP contribution in [0.15, 0.2) is 42.0 Å². The fourth-order valence-corrected chi connectivity index (χ4v) is 8.57. The lowest BCUT2D eigenvalue weighted by Crippen LogP contribution is -2.53. The van der Waals surface area contributed by atoms with E-state index in [1.54, 1.807) is 0 Å². The molecule has 6 nitrogen and oxygen atoms in total. The van der Waals surface area contributed by atoms with Crippen LogP contribution in [-0.2, 0) is 16.4 Å². The lowest BCUT2D eigenvalue weighted by molar-refractivity contribution is -0.0723. The molecule has 1 heterocycles. The van der Waals surface area contributed by atoms with Crippen molar-refractivity contribution >= 4 is 27.1 Å². The van der Waals surface area contributed by atoms with Gasteiger partial charge in [-0.1, -0.05) is 37.6 Å². The van der Waals surface area contributed by atoms with Crippen LogP contribution >= 0.6 is 11.3 Å². The average molecular weight is 588 g/mol. The Hall–Kier alpha value is -1.84. The minimum atomic E-state index is -3.50. The number of aliphatic hydroxyl groups excluding tert-OH is 1. The third-order valence-electron chi connectivity index (χ3n) is 9.26. The molecule has 4 unspecified atom stereocenters. The fraction of sp³-hybridized carbons (Fsp3) is 0.594. The van der Waals surface area contributed by atoms with Gasteiger partial charge in [-0.2, -0.15) is 4.31 Å². The molecule has 0 saturated heterocycles. The largest absolute Gasteiger partial charge is 0.393 e. The zero-order valence-electron chi connectivity index (χ0n) is 24.6. The summed E-state index contributed by atoms with van der Waals surface area (Å²) >= 11 is 1.48. The van der Waals surface area contributed by atoms with Crippen LogP contribution < -0.4 is 0 Å². The van der Waals surface area contributed by atoms with Crippen molar-refractivity contribution < 1.29 is 23.4 Å². The van der Waals surface area contributed by atoms with E-state index in [1.165, 1.54) is 27.5 Å². The Balaban J connectivity index is 1.85. The highest BCUT2D eigenvalue weighted by atomic mass is 32.2. The third-order valence-corrected chi connectivity index (χ3v) is 11.5. The van der Waals surface area contributed by atoms with Crippen LogP contribution in [0.2, 0.25) is 0 Å². The molecule has 2 N–H and O–H groups in total. The number of rotatable bonds is 7. The Kier molecular flexibility index (Phi) is 9.47. The van der Waals surface area contributed by atoms with Gasteiger partial charge in [-0.05, 0) is 100 Å². The zero-order valence-corrected chi connectivity index (χ0v) is 26.2. The summed E-state index contributed by atoms with van der Waals surface area (Å²) in [5.41, 5.74) is 1.76. The molecule has 220 valence electrons. The van der Waals surface area contributed by atoms with E-state index in [4.69, 9.17) is 0 Å². The number of allylic oxidation sites excluding steroid dienone is 2. The Morgan fingerprint density at radius 1 is 1.15 bits per heavy atom. The van der Waals surface area contributed by atoms with Gasteiger partial charge in [0.1, 0.15) is 0 Å². The number of aryl methyl sites for hydroxylation is 1. The molecule has 4 atom stereocenters. The number of sulfonamides is 1. The van der Waals surface area contributed by atoms with Crippen molar-refractivity contribution in [3.05, 3.63) is 68.4 Å². The molecule has 5 rings (SSSR count). The highest BCUT2D eigenvalue weighted by Crippen LogP contribution is 2.59. The summed E-state index contributed by atoms with van der Waals surface area (Å²) in [4.78, 5) is 15.7. The van der Waals surface area contributed by atoms with Crippen molar-refractivity contribution in [2.24, 2.45) is 5.41 Å². The normalized spacial score (nSPS) is 27.9. The summed E-state index contributed by atoms with van der Waals surface area (Å²) in [6, 6.07) is 9.82.